The molecule has 0 spiro atoms. The Morgan fingerprint density at radius 2 is 2.25 bits per heavy atom. The molecule has 1 aliphatic rings. The lowest BCUT2D eigenvalue weighted by Crippen LogP contribution is -2.47. The largest absolute Gasteiger partial charge is 0.480 e. The number of carbonyl (C=O) groups is 1. The highest BCUT2D eigenvalue weighted by molar-refractivity contribution is 5.73. The molecule has 94 valence electrons. The molecule has 2 atom stereocenters. The SMILES string of the molecule is CCOCC(C)N1CCCCCC1C(=O)O. The topological polar surface area (TPSA) is 49.8 Å². The van der Waals surface area contributed by atoms with Crippen LogP contribution in [0.25, 0.3) is 0 Å². The van der Waals surface area contributed by atoms with Crippen LogP contribution >= 0.6 is 0 Å². The fourth-order valence-corrected chi connectivity index (χ4v) is 2.31. The number of ether oxygens (including phenoxy) is 1. The fraction of sp³-hybridized carbons (Fsp3) is 0.917. The zero-order chi connectivity index (χ0) is 12.0. The Hall–Kier alpha value is -0.610. The van der Waals surface area contributed by atoms with Crippen LogP contribution in [-0.2, 0) is 9.53 Å². The zero-order valence-corrected chi connectivity index (χ0v) is 10.3. The lowest BCUT2D eigenvalue weighted by molar-refractivity contribution is -0.144. The van der Waals surface area contributed by atoms with Crippen molar-refractivity contribution < 1.29 is 14.6 Å². The normalized spacial score (nSPS) is 25.0. The third-order valence-electron chi connectivity index (χ3n) is 3.21. The quantitative estimate of drug-likeness (QED) is 0.780. The number of carboxylic acid groups (broad SMARTS) is 1. The summed E-state index contributed by atoms with van der Waals surface area (Å²) in [6.07, 6.45) is 4.03. The third kappa shape index (κ3) is 3.76. The summed E-state index contributed by atoms with van der Waals surface area (Å²) in [5.41, 5.74) is 0. The molecule has 1 aliphatic heterocycles. The molecule has 0 aromatic carbocycles. The van der Waals surface area contributed by atoms with E-state index in [1.807, 2.05) is 6.92 Å². The average Bonchev–Trinajstić information content (AvgIpc) is 2.50. The summed E-state index contributed by atoms with van der Waals surface area (Å²) in [5.74, 6) is -0.690. The maximum atomic E-state index is 11.2. The molecule has 4 heteroatoms. The molecule has 2 unspecified atom stereocenters. The van der Waals surface area contributed by atoms with Gasteiger partial charge in [0.1, 0.15) is 6.04 Å². The third-order valence-corrected chi connectivity index (χ3v) is 3.21. The van der Waals surface area contributed by atoms with E-state index in [9.17, 15) is 9.90 Å². The average molecular weight is 229 g/mol. The molecule has 1 heterocycles. The van der Waals surface area contributed by atoms with Gasteiger partial charge in [-0.1, -0.05) is 12.8 Å². The van der Waals surface area contributed by atoms with E-state index in [0.29, 0.717) is 13.2 Å². The molecule has 16 heavy (non-hydrogen) atoms. The summed E-state index contributed by atoms with van der Waals surface area (Å²) in [6, 6.07) is -0.128. The molecular formula is C12H23NO3. The minimum absolute atomic E-state index is 0.194. The van der Waals surface area contributed by atoms with Crippen LogP contribution in [0.1, 0.15) is 39.5 Å². The first-order valence-corrected chi connectivity index (χ1v) is 6.23. The Morgan fingerprint density at radius 3 is 2.88 bits per heavy atom. The summed E-state index contributed by atoms with van der Waals surface area (Å²) in [5, 5.41) is 9.23. The van der Waals surface area contributed by atoms with Crippen LogP contribution in [0.3, 0.4) is 0 Å². The first-order valence-electron chi connectivity index (χ1n) is 6.23. The smallest absolute Gasteiger partial charge is 0.320 e. The minimum Gasteiger partial charge on any atom is -0.480 e. The van der Waals surface area contributed by atoms with Crippen molar-refractivity contribution in [1.29, 1.82) is 0 Å². The number of rotatable bonds is 5. The molecule has 0 saturated carbocycles. The van der Waals surface area contributed by atoms with E-state index in [1.54, 1.807) is 0 Å². The number of carboxylic acids is 1. The summed E-state index contributed by atoms with van der Waals surface area (Å²) in [6.45, 7) is 6.21. The van der Waals surface area contributed by atoms with Crippen molar-refractivity contribution in [3.05, 3.63) is 0 Å². The fourth-order valence-electron chi connectivity index (χ4n) is 2.31. The molecule has 1 saturated heterocycles. The van der Waals surface area contributed by atoms with Gasteiger partial charge in [-0.25, -0.2) is 0 Å². The van der Waals surface area contributed by atoms with Crippen molar-refractivity contribution in [2.45, 2.75) is 51.6 Å². The molecule has 1 rings (SSSR count). The molecule has 0 bridgehead atoms. The van der Waals surface area contributed by atoms with Gasteiger partial charge >= 0.3 is 5.97 Å². The van der Waals surface area contributed by atoms with Crippen molar-refractivity contribution in [2.24, 2.45) is 0 Å². The second-order valence-corrected chi connectivity index (χ2v) is 4.45. The van der Waals surface area contributed by atoms with Crippen LogP contribution in [0, 0.1) is 0 Å². The summed E-state index contributed by atoms with van der Waals surface area (Å²) >= 11 is 0. The molecule has 0 aromatic heterocycles. The molecule has 0 radical (unpaired) electrons. The lowest BCUT2D eigenvalue weighted by Gasteiger charge is -2.32. The number of hydrogen-bond donors (Lipinski definition) is 1. The molecule has 0 amide bonds. The zero-order valence-electron chi connectivity index (χ0n) is 10.3. The molecule has 1 N–H and O–H groups in total. The lowest BCUT2D eigenvalue weighted by atomic mass is 10.1. The van der Waals surface area contributed by atoms with Crippen LogP contribution < -0.4 is 0 Å². The summed E-state index contributed by atoms with van der Waals surface area (Å²) in [7, 11) is 0. The van der Waals surface area contributed by atoms with Gasteiger partial charge in [-0.15, -0.1) is 0 Å². The number of hydrogen-bond acceptors (Lipinski definition) is 3. The highest BCUT2D eigenvalue weighted by atomic mass is 16.5. The minimum atomic E-state index is -0.690. The van der Waals surface area contributed by atoms with Crippen LogP contribution in [0.15, 0.2) is 0 Å². The van der Waals surface area contributed by atoms with Crippen molar-refractivity contribution in [1.82, 2.24) is 4.90 Å². The second kappa shape index (κ2) is 6.86. The molecule has 4 nitrogen and oxygen atoms in total. The first-order chi connectivity index (χ1) is 7.66. The maximum Gasteiger partial charge on any atom is 0.320 e. The highest BCUT2D eigenvalue weighted by Crippen LogP contribution is 2.19. The second-order valence-electron chi connectivity index (χ2n) is 4.45. The van der Waals surface area contributed by atoms with E-state index in [2.05, 4.69) is 11.8 Å². The van der Waals surface area contributed by atoms with Gasteiger partial charge in [0.05, 0.1) is 6.61 Å². The van der Waals surface area contributed by atoms with Gasteiger partial charge in [0.2, 0.25) is 0 Å². The Balaban J connectivity index is 2.59. The van der Waals surface area contributed by atoms with Crippen LogP contribution in [-0.4, -0.2) is 47.8 Å². The molecular weight excluding hydrogens is 206 g/mol. The van der Waals surface area contributed by atoms with Gasteiger partial charge < -0.3 is 9.84 Å². The predicted molar refractivity (Wildman–Crippen MR) is 62.6 cm³/mol. The van der Waals surface area contributed by atoms with Crippen molar-refractivity contribution in [3.63, 3.8) is 0 Å². The number of nitrogens with zero attached hydrogens (tertiary/aromatic N) is 1. The Bertz CT molecular complexity index is 220. The van der Waals surface area contributed by atoms with Crippen LogP contribution in [0.4, 0.5) is 0 Å². The van der Waals surface area contributed by atoms with Gasteiger partial charge in [0.25, 0.3) is 0 Å². The van der Waals surface area contributed by atoms with E-state index in [-0.39, 0.29) is 12.1 Å². The van der Waals surface area contributed by atoms with Crippen molar-refractivity contribution in [3.8, 4) is 0 Å². The Kier molecular flexibility index (Phi) is 5.77. The van der Waals surface area contributed by atoms with Crippen LogP contribution in [0.2, 0.25) is 0 Å². The van der Waals surface area contributed by atoms with E-state index >= 15 is 0 Å². The first kappa shape index (κ1) is 13.5. The van der Waals surface area contributed by atoms with E-state index in [1.165, 1.54) is 0 Å². The predicted octanol–water partition coefficient (Wildman–Crippen LogP) is 1.74. The van der Waals surface area contributed by atoms with E-state index in [0.717, 1.165) is 32.2 Å². The molecule has 1 fully saturated rings. The standard InChI is InChI=1S/C12H23NO3/c1-3-16-9-10(2)13-8-6-4-5-7-11(13)12(14)15/h10-11H,3-9H2,1-2H3,(H,14,15). The highest BCUT2D eigenvalue weighted by Gasteiger charge is 2.30. The summed E-state index contributed by atoms with van der Waals surface area (Å²) in [4.78, 5) is 13.3. The Labute approximate surface area is 97.6 Å². The monoisotopic (exact) mass is 229 g/mol. The maximum absolute atomic E-state index is 11.2. The van der Waals surface area contributed by atoms with Gasteiger partial charge in [-0.3, -0.25) is 9.69 Å². The number of likely N-dealkylation sites (tertiary alicyclic amines) is 1. The molecule has 0 aromatic rings. The van der Waals surface area contributed by atoms with Gasteiger partial charge in [-0.05, 0) is 33.2 Å². The van der Waals surface area contributed by atoms with Gasteiger partial charge in [0.15, 0.2) is 0 Å². The summed E-state index contributed by atoms with van der Waals surface area (Å²) < 4.78 is 5.38. The van der Waals surface area contributed by atoms with Gasteiger partial charge in [-0.2, -0.15) is 0 Å². The van der Waals surface area contributed by atoms with Crippen LogP contribution in [0.5, 0.6) is 0 Å². The van der Waals surface area contributed by atoms with E-state index < -0.39 is 5.97 Å². The van der Waals surface area contributed by atoms with Gasteiger partial charge in [0, 0.05) is 12.6 Å². The number of aliphatic carboxylic acids is 1. The van der Waals surface area contributed by atoms with Crippen molar-refractivity contribution in [2.75, 3.05) is 19.8 Å². The van der Waals surface area contributed by atoms with E-state index in [4.69, 9.17) is 4.74 Å². The van der Waals surface area contributed by atoms with Crippen molar-refractivity contribution >= 4 is 5.97 Å². The molecule has 0 aliphatic carbocycles. The Morgan fingerprint density at radius 1 is 1.50 bits per heavy atom.